The topological polar surface area (TPSA) is 29.3 Å². The fraction of sp³-hybridized carbons (Fsp3) is 0.400. The van der Waals surface area contributed by atoms with E-state index in [-0.39, 0.29) is 5.82 Å². The summed E-state index contributed by atoms with van der Waals surface area (Å²) in [6.45, 7) is 3.04. The minimum Gasteiger partial charge on any atom is -0.318 e. The molecule has 3 heteroatoms. The maximum absolute atomic E-state index is 12.9. The molecule has 0 bridgehead atoms. The van der Waals surface area contributed by atoms with Crippen LogP contribution in [-0.4, -0.2) is 18.6 Å². The Balaban J connectivity index is 2.73. The first kappa shape index (κ1) is 10.2. The zero-order valence-corrected chi connectivity index (χ0v) is 8.05. The Morgan fingerprint density at radius 3 is 2.69 bits per heavy atom. The maximum Gasteiger partial charge on any atom is 0.126 e. The highest BCUT2D eigenvalue weighted by molar-refractivity contribution is 5.23. The second-order valence-corrected chi connectivity index (χ2v) is 3.28. The van der Waals surface area contributed by atoms with Gasteiger partial charge in [-0.3, -0.25) is 4.90 Å². The average Bonchev–Trinajstić information content (AvgIpc) is 2.11. The van der Waals surface area contributed by atoms with Crippen LogP contribution >= 0.6 is 0 Å². The van der Waals surface area contributed by atoms with Crippen molar-refractivity contribution in [3.63, 3.8) is 0 Å². The molecule has 0 aromatic heterocycles. The first-order valence-corrected chi connectivity index (χ1v) is 4.27. The molecule has 1 aromatic carbocycles. The van der Waals surface area contributed by atoms with Gasteiger partial charge in [0.25, 0.3) is 0 Å². The zero-order chi connectivity index (χ0) is 9.84. The quantitative estimate of drug-likeness (QED) is 0.717. The Kier molecular flexibility index (Phi) is 3.39. The Bertz CT molecular complexity index is 286. The molecule has 0 aliphatic heterocycles. The summed E-state index contributed by atoms with van der Waals surface area (Å²) in [6.07, 6.45) is 0. The van der Waals surface area contributed by atoms with E-state index in [1.807, 2.05) is 18.0 Å². The summed E-state index contributed by atoms with van der Waals surface area (Å²) in [6, 6.07) is 5.13. The van der Waals surface area contributed by atoms with Gasteiger partial charge in [-0.05, 0) is 31.2 Å². The lowest BCUT2D eigenvalue weighted by atomic mass is 10.1. The number of benzene rings is 1. The van der Waals surface area contributed by atoms with Gasteiger partial charge >= 0.3 is 0 Å². The third-order valence-electron chi connectivity index (χ3n) is 1.99. The van der Waals surface area contributed by atoms with E-state index >= 15 is 0 Å². The Hall–Kier alpha value is -0.930. The monoisotopic (exact) mass is 182 g/mol. The van der Waals surface area contributed by atoms with E-state index in [4.69, 9.17) is 5.73 Å². The van der Waals surface area contributed by atoms with Gasteiger partial charge in [-0.15, -0.1) is 0 Å². The van der Waals surface area contributed by atoms with Gasteiger partial charge in [-0.2, -0.15) is 0 Å². The van der Waals surface area contributed by atoms with E-state index in [1.54, 1.807) is 13.0 Å². The fourth-order valence-corrected chi connectivity index (χ4v) is 1.18. The van der Waals surface area contributed by atoms with Crippen LogP contribution in [0.1, 0.15) is 11.1 Å². The smallest absolute Gasteiger partial charge is 0.126 e. The average molecular weight is 182 g/mol. The number of rotatable bonds is 3. The fourth-order valence-electron chi connectivity index (χ4n) is 1.18. The molecule has 2 N–H and O–H groups in total. The lowest BCUT2D eigenvalue weighted by Gasteiger charge is -2.13. The lowest BCUT2D eigenvalue weighted by molar-refractivity contribution is 0.337. The van der Waals surface area contributed by atoms with Gasteiger partial charge in [0.15, 0.2) is 0 Å². The second-order valence-electron chi connectivity index (χ2n) is 3.28. The van der Waals surface area contributed by atoms with Crippen LogP contribution < -0.4 is 5.73 Å². The number of hydrogen-bond donors (Lipinski definition) is 1. The van der Waals surface area contributed by atoms with Crippen molar-refractivity contribution in [2.24, 2.45) is 5.73 Å². The second kappa shape index (κ2) is 4.35. The van der Waals surface area contributed by atoms with Crippen LogP contribution in [0.15, 0.2) is 18.2 Å². The Morgan fingerprint density at radius 1 is 1.46 bits per heavy atom. The van der Waals surface area contributed by atoms with Crippen molar-refractivity contribution in [2.75, 3.05) is 13.7 Å². The molecule has 0 aliphatic rings. The maximum atomic E-state index is 12.9. The number of halogens is 1. The van der Waals surface area contributed by atoms with Gasteiger partial charge in [0.2, 0.25) is 0 Å². The Labute approximate surface area is 78.2 Å². The third kappa shape index (κ3) is 2.79. The molecule has 0 amide bonds. The standard InChI is InChI=1S/C10H15FN2/c1-8-5-9(3-4-10(8)11)6-13(2)7-12/h3-5H,6-7,12H2,1-2H3. The SMILES string of the molecule is Cc1cc(CN(C)CN)ccc1F. The van der Waals surface area contributed by atoms with Crippen LogP contribution in [-0.2, 0) is 6.54 Å². The molecule has 1 aromatic rings. The van der Waals surface area contributed by atoms with Crippen LogP contribution in [0.25, 0.3) is 0 Å². The summed E-state index contributed by atoms with van der Waals surface area (Å²) in [5, 5.41) is 0. The molecule has 0 spiro atoms. The lowest BCUT2D eigenvalue weighted by Crippen LogP contribution is -2.25. The number of hydrogen-bond acceptors (Lipinski definition) is 2. The van der Waals surface area contributed by atoms with Crippen LogP contribution in [0.3, 0.4) is 0 Å². The summed E-state index contributed by atoms with van der Waals surface area (Å²) < 4.78 is 12.9. The van der Waals surface area contributed by atoms with Gasteiger partial charge in [0.1, 0.15) is 5.82 Å². The van der Waals surface area contributed by atoms with Crippen molar-refractivity contribution in [3.8, 4) is 0 Å². The third-order valence-corrected chi connectivity index (χ3v) is 1.99. The summed E-state index contributed by atoms with van der Waals surface area (Å²) in [5.41, 5.74) is 7.21. The number of nitrogens with zero attached hydrogens (tertiary/aromatic N) is 1. The molecule has 0 radical (unpaired) electrons. The molecule has 2 nitrogen and oxygen atoms in total. The van der Waals surface area contributed by atoms with E-state index in [9.17, 15) is 4.39 Å². The number of nitrogens with two attached hydrogens (primary N) is 1. The summed E-state index contributed by atoms with van der Waals surface area (Å²) in [7, 11) is 1.93. The summed E-state index contributed by atoms with van der Waals surface area (Å²) in [4.78, 5) is 1.96. The molecule has 72 valence electrons. The van der Waals surface area contributed by atoms with E-state index in [0.717, 1.165) is 12.1 Å². The van der Waals surface area contributed by atoms with Crippen molar-refractivity contribution >= 4 is 0 Å². The summed E-state index contributed by atoms with van der Waals surface area (Å²) >= 11 is 0. The van der Waals surface area contributed by atoms with Crippen molar-refractivity contribution in [2.45, 2.75) is 13.5 Å². The normalized spacial score (nSPS) is 10.8. The predicted molar refractivity (Wildman–Crippen MR) is 51.7 cm³/mol. The molecule has 0 aliphatic carbocycles. The van der Waals surface area contributed by atoms with Crippen LogP contribution in [0.2, 0.25) is 0 Å². The zero-order valence-electron chi connectivity index (χ0n) is 8.05. The molecule has 0 saturated carbocycles. The predicted octanol–water partition coefficient (Wildman–Crippen LogP) is 1.48. The van der Waals surface area contributed by atoms with Crippen LogP contribution in [0, 0.1) is 12.7 Å². The summed E-state index contributed by atoms with van der Waals surface area (Å²) in [5.74, 6) is -0.154. The first-order valence-electron chi connectivity index (χ1n) is 4.27. The van der Waals surface area contributed by atoms with Crippen molar-refractivity contribution in [3.05, 3.63) is 35.1 Å². The molecular weight excluding hydrogens is 167 g/mol. The minimum absolute atomic E-state index is 0.154. The Morgan fingerprint density at radius 2 is 2.15 bits per heavy atom. The van der Waals surface area contributed by atoms with Crippen molar-refractivity contribution in [1.82, 2.24) is 4.90 Å². The highest BCUT2D eigenvalue weighted by Crippen LogP contribution is 2.10. The number of aryl methyl sites for hydroxylation is 1. The molecule has 0 fully saturated rings. The van der Waals surface area contributed by atoms with E-state index < -0.39 is 0 Å². The van der Waals surface area contributed by atoms with Gasteiger partial charge in [0.05, 0.1) is 0 Å². The van der Waals surface area contributed by atoms with Gasteiger partial charge in [0, 0.05) is 13.2 Å². The van der Waals surface area contributed by atoms with Gasteiger partial charge in [-0.25, -0.2) is 4.39 Å². The highest BCUT2D eigenvalue weighted by Gasteiger charge is 2.00. The molecular formula is C10H15FN2. The van der Waals surface area contributed by atoms with Crippen LogP contribution in [0.4, 0.5) is 4.39 Å². The van der Waals surface area contributed by atoms with E-state index in [2.05, 4.69) is 0 Å². The largest absolute Gasteiger partial charge is 0.318 e. The van der Waals surface area contributed by atoms with Crippen molar-refractivity contribution < 1.29 is 4.39 Å². The molecule has 0 atom stereocenters. The van der Waals surface area contributed by atoms with Crippen molar-refractivity contribution in [1.29, 1.82) is 0 Å². The molecule has 0 unspecified atom stereocenters. The van der Waals surface area contributed by atoms with E-state index in [0.29, 0.717) is 12.2 Å². The minimum atomic E-state index is -0.154. The van der Waals surface area contributed by atoms with Gasteiger partial charge in [-0.1, -0.05) is 12.1 Å². The first-order chi connectivity index (χ1) is 6.13. The molecule has 13 heavy (non-hydrogen) atoms. The highest BCUT2D eigenvalue weighted by atomic mass is 19.1. The molecule has 0 heterocycles. The van der Waals surface area contributed by atoms with Crippen LogP contribution in [0.5, 0.6) is 0 Å². The molecule has 1 rings (SSSR count). The molecule has 0 saturated heterocycles. The van der Waals surface area contributed by atoms with Gasteiger partial charge < -0.3 is 5.73 Å². The van der Waals surface area contributed by atoms with E-state index in [1.165, 1.54) is 6.07 Å².